The first-order valence-electron chi connectivity index (χ1n) is 9.91. The van der Waals surface area contributed by atoms with Gasteiger partial charge in [0, 0.05) is 18.0 Å². The summed E-state index contributed by atoms with van der Waals surface area (Å²) in [6, 6.07) is 7.62. The van der Waals surface area contributed by atoms with E-state index in [1.807, 2.05) is 31.2 Å². The van der Waals surface area contributed by atoms with Crippen molar-refractivity contribution in [1.29, 1.82) is 0 Å². The van der Waals surface area contributed by atoms with Gasteiger partial charge in [0.2, 0.25) is 0 Å². The Morgan fingerprint density at radius 1 is 0.812 bits per heavy atom. The van der Waals surface area contributed by atoms with Crippen LogP contribution in [-0.2, 0) is 13.0 Å². The molecule has 0 aromatic carbocycles. The van der Waals surface area contributed by atoms with Crippen LogP contribution in [0.25, 0.3) is 11.4 Å². The van der Waals surface area contributed by atoms with Crippen LogP contribution in [0.3, 0.4) is 0 Å². The third kappa shape index (κ3) is 8.39. The quantitative estimate of drug-likeness (QED) is 0.252. The summed E-state index contributed by atoms with van der Waals surface area (Å²) < 4.78 is 0. The molecule has 2 heterocycles. The van der Waals surface area contributed by atoms with Gasteiger partial charge < -0.3 is 0 Å². The van der Waals surface area contributed by atoms with E-state index in [9.17, 15) is 0 Å². The van der Waals surface area contributed by atoms with Crippen LogP contribution in [0.2, 0.25) is 0 Å². The minimum atomic E-state index is -1.66. The number of allylic oxidation sites excluding steroid dienone is 4. The molecule has 0 saturated carbocycles. The standard InChI is InChI=1S/C16H12N2.C10H16.3ClH.Rh/c1-3-7-13-10-12-18-16(14(13)8-4-2)15-9-5-6-11-17-15;1-6-7(2)9(4)10(5)8(6)3;;;;/h5-6,9-12H,1-2H3;6H,1-5H3;3*1H;/q;;;;;+3/p-3. The molecule has 0 bridgehead atoms. The first kappa shape index (κ1) is 28.4. The van der Waals surface area contributed by atoms with Crippen LogP contribution in [0.15, 0.2) is 59.0 Å². The van der Waals surface area contributed by atoms with Crippen LogP contribution in [0.5, 0.6) is 0 Å². The van der Waals surface area contributed by atoms with Gasteiger partial charge in [-0.2, -0.15) is 0 Å². The third-order valence-electron chi connectivity index (χ3n) is 5.41. The molecular weight excluding hydrogens is 550 g/mol. The molecule has 2 aromatic heterocycles. The van der Waals surface area contributed by atoms with Crippen molar-refractivity contribution in [3.05, 3.63) is 70.1 Å². The Labute approximate surface area is 210 Å². The number of aromatic nitrogens is 2. The average molecular weight is 578 g/mol. The van der Waals surface area contributed by atoms with Crippen LogP contribution >= 0.6 is 29.1 Å². The van der Waals surface area contributed by atoms with E-state index in [1.165, 1.54) is 11.1 Å². The van der Waals surface area contributed by atoms with Gasteiger partial charge in [0.05, 0.1) is 11.3 Å². The molecule has 0 aliphatic heterocycles. The summed E-state index contributed by atoms with van der Waals surface area (Å²) in [5.41, 5.74) is 9.44. The Morgan fingerprint density at radius 2 is 1.38 bits per heavy atom. The Balaban J connectivity index is 0.000000307. The first-order valence-corrected chi connectivity index (χ1v) is 16.2. The summed E-state index contributed by atoms with van der Waals surface area (Å²) >= 11 is -1.66. The van der Waals surface area contributed by atoms with Crippen LogP contribution in [0, 0.1) is 29.6 Å². The van der Waals surface area contributed by atoms with Crippen molar-refractivity contribution in [1.82, 2.24) is 9.97 Å². The van der Waals surface area contributed by atoms with Crippen LogP contribution in [0.4, 0.5) is 0 Å². The fourth-order valence-electron chi connectivity index (χ4n) is 3.21. The number of hydrogen-bond acceptors (Lipinski definition) is 2. The number of halogens is 3. The zero-order valence-electron chi connectivity index (χ0n) is 19.4. The van der Waals surface area contributed by atoms with E-state index in [0.717, 1.165) is 22.5 Å². The molecule has 1 aliphatic rings. The van der Waals surface area contributed by atoms with Gasteiger partial charge >= 0.3 is 42.1 Å². The second kappa shape index (κ2) is 14.5. The molecule has 0 atom stereocenters. The molecule has 32 heavy (non-hydrogen) atoms. The fourth-order valence-corrected chi connectivity index (χ4v) is 3.21. The van der Waals surface area contributed by atoms with Crippen LogP contribution < -0.4 is 0 Å². The molecule has 0 fully saturated rings. The Morgan fingerprint density at radius 3 is 1.78 bits per heavy atom. The van der Waals surface area contributed by atoms with Crippen molar-refractivity contribution in [3.8, 4) is 35.1 Å². The van der Waals surface area contributed by atoms with E-state index in [0.29, 0.717) is 5.92 Å². The zero-order chi connectivity index (χ0) is 24.3. The van der Waals surface area contributed by atoms with Gasteiger partial charge in [-0.3, -0.25) is 9.97 Å². The molecule has 0 amide bonds. The van der Waals surface area contributed by atoms with Gasteiger partial charge in [0.15, 0.2) is 0 Å². The molecule has 6 heteroatoms. The molecule has 0 spiro atoms. The minimum absolute atomic E-state index is 0.694. The molecule has 2 aromatic rings. The number of hydrogen-bond donors (Lipinski definition) is 0. The van der Waals surface area contributed by atoms with Gasteiger partial charge in [-0.15, -0.1) is 11.8 Å². The normalized spacial score (nSPS) is 13.0. The van der Waals surface area contributed by atoms with Crippen molar-refractivity contribution in [2.24, 2.45) is 5.92 Å². The van der Waals surface area contributed by atoms with Gasteiger partial charge in [0.1, 0.15) is 5.69 Å². The number of rotatable bonds is 1. The number of pyridine rings is 2. The van der Waals surface area contributed by atoms with Crippen molar-refractivity contribution >= 4 is 29.1 Å². The summed E-state index contributed by atoms with van der Waals surface area (Å²) in [5.74, 6) is 12.6. The van der Waals surface area contributed by atoms with Crippen molar-refractivity contribution in [2.75, 3.05) is 0 Å². The van der Waals surface area contributed by atoms with Gasteiger partial charge in [-0.05, 0) is 76.8 Å². The second-order valence-electron chi connectivity index (χ2n) is 7.03. The molecule has 0 radical (unpaired) electrons. The maximum absolute atomic E-state index is 4.94. The molecule has 0 N–H and O–H groups in total. The van der Waals surface area contributed by atoms with E-state index in [1.54, 1.807) is 30.5 Å². The second-order valence-corrected chi connectivity index (χ2v) is 14.5. The van der Waals surface area contributed by atoms with Crippen molar-refractivity contribution in [2.45, 2.75) is 48.5 Å². The van der Waals surface area contributed by atoms with E-state index < -0.39 is 13.0 Å². The maximum atomic E-state index is 4.94. The summed E-state index contributed by atoms with van der Waals surface area (Å²) in [7, 11) is 14.8. The van der Waals surface area contributed by atoms with E-state index in [4.69, 9.17) is 29.1 Å². The summed E-state index contributed by atoms with van der Waals surface area (Å²) in [6.45, 7) is 14.8. The van der Waals surface area contributed by atoms with E-state index in [-0.39, 0.29) is 0 Å². The summed E-state index contributed by atoms with van der Waals surface area (Å²) in [5, 5.41) is 0. The third-order valence-corrected chi connectivity index (χ3v) is 5.41. The van der Waals surface area contributed by atoms with E-state index in [2.05, 4.69) is 68.3 Å². The summed E-state index contributed by atoms with van der Waals surface area (Å²) in [4.78, 5) is 8.69. The molecule has 3 rings (SSSR count). The summed E-state index contributed by atoms with van der Waals surface area (Å²) in [6.07, 6.45) is 3.49. The average Bonchev–Trinajstić information content (AvgIpc) is 2.93. The van der Waals surface area contributed by atoms with Gasteiger partial charge in [0.25, 0.3) is 0 Å². The molecule has 172 valence electrons. The molecule has 0 unspecified atom stereocenters. The van der Waals surface area contributed by atoms with Crippen LogP contribution in [0.1, 0.15) is 59.6 Å². The predicted molar refractivity (Wildman–Crippen MR) is 136 cm³/mol. The van der Waals surface area contributed by atoms with Crippen LogP contribution in [-0.4, -0.2) is 9.97 Å². The fraction of sp³-hybridized carbons (Fsp3) is 0.308. The predicted octanol–water partition coefficient (Wildman–Crippen LogP) is 8.26. The Hall–Kier alpha value is -1.61. The monoisotopic (exact) mass is 576 g/mol. The van der Waals surface area contributed by atoms with Gasteiger partial charge in [-0.25, -0.2) is 0 Å². The van der Waals surface area contributed by atoms with Crippen molar-refractivity contribution < 1.29 is 13.0 Å². The molecule has 2 nitrogen and oxygen atoms in total. The molecular formula is C26H28Cl3N2Rh. The number of nitrogens with zero attached hydrogens (tertiary/aromatic N) is 2. The van der Waals surface area contributed by atoms with Gasteiger partial charge in [-0.1, -0.05) is 36.0 Å². The van der Waals surface area contributed by atoms with Crippen molar-refractivity contribution in [3.63, 3.8) is 0 Å². The molecule has 0 saturated heterocycles. The molecule has 1 aliphatic carbocycles. The Bertz CT molecular complexity index is 1070. The Kier molecular flexibility index (Phi) is 12.9. The SMILES string of the molecule is CC#Cc1ccnc(-c2ccccn2)c1C#CC.CC1=C(C)C(C)C(C)=C1C.[Cl][Rh]([Cl])[Cl]. The zero-order valence-corrected chi connectivity index (χ0v) is 23.3. The topological polar surface area (TPSA) is 25.8 Å². The first-order chi connectivity index (χ1) is 15.1. The van der Waals surface area contributed by atoms with E-state index >= 15 is 0 Å².